The maximum atomic E-state index is 3.58. The van der Waals surface area contributed by atoms with Crippen molar-refractivity contribution in [2.24, 2.45) is 5.92 Å². The second kappa shape index (κ2) is 4.37. The maximum Gasteiger partial charge on any atom is 0.0145 e. The zero-order valence-corrected chi connectivity index (χ0v) is 7.53. The average Bonchev–Trinajstić information content (AvgIpc) is 1.65. The molecule has 0 unspecified atom stereocenters. The van der Waals surface area contributed by atoms with Gasteiger partial charge in [-0.25, -0.2) is 0 Å². The first-order chi connectivity index (χ1) is 3.66. The van der Waals surface area contributed by atoms with Crippen LogP contribution >= 0.6 is 15.9 Å². The highest BCUT2D eigenvalue weighted by molar-refractivity contribution is 9.09. The van der Waals surface area contributed by atoms with E-state index in [9.17, 15) is 0 Å². The first-order valence-electron chi connectivity index (χ1n) is 3.30. The monoisotopic (exact) mass is 178 g/mol. The fourth-order valence-corrected chi connectivity index (χ4v) is 1.43. The van der Waals surface area contributed by atoms with Crippen molar-refractivity contribution in [2.75, 3.05) is 0 Å². The lowest BCUT2D eigenvalue weighted by Gasteiger charge is -2.07. The van der Waals surface area contributed by atoms with Gasteiger partial charge >= 0.3 is 0 Å². The smallest absolute Gasteiger partial charge is 0.0145 e. The second-order valence-corrected chi connectivity index (χ2v) is 3.93. The van der Waals surface area contributed by atoms with Crippen LogP contribution in [0, 0.1) is 5.92 Å². The molecule has 1 atom stereocenters. The minimum atomic E-state index is 0.738. The lowest BCUT2D eigenvalue weighted by Crippen LogP contribution is -1.99. The van der Waals surface area contributed by atoms with E-state index in [2.05, 4.69) is 36.7 Å². The van der Waals surface area contributed by atoms with Crippen molar-refractivity contribution in [2.45, 2.75) is 38.4 Å². The Labute approximate surface area is 60.8 Å². The Morgan fingerprint density at radius 1 is 1.38 bits per heavy atom. The molecule has 0 saturated carbocycles. The predicted molar refractivity (Wildman–Crippen MR) is 42.5 cm³/mol. The first-order valence-corrected chi connectivity index (χ1v) is 4.22. The molecule has 0 spiro atoms. The molecule has 50 valence electrons. The molecule has 0 aromatic rings. The second-order valence-electron chi connectivity index (χ2n) is 2.64. The SMILES string of the molecule is CC[C@@H](Br)CC(C)C. The van der Waals surface area contributed by atoms with Gasteiger partial charge in [-0.05, 0) is 18.8 Å². The molecule has 0 N–H and O–H groups in total. The van der Waals surface area contributed by atoms with Crippen LogP contribution in [0.15, 0.2) is 0 Å². The lowest BCUT2D eigenvalue weighted by atomic mass is 10.1. The molecule has 0 aromatic carbocycles. The van der Waals surface area contributed by atoms with Crippen molar-refractivity contribution in [3.05, 3.63) is 0 Å². The summed E-state index contributed by atoms with van der Waals surface area (Å²) in [5, 5.41) is 0. The average molecular weight is 179 g/mol. The van der Waals surface area contributed by atoms with E-state index in [-0.39, 0.29) is 0 Å². The van der Waals surface area contributed by atoms with Crippen molar-refractivity contribution in [1.29, 1.82) is 0 Å². The normalized spacial score (nSPS) is 14.6. The van der Waals surface area contributed by atoms with Gasteiger partial charge in [0.15, 0.2) is 0 Å². The quantitative estimate of drug-likeness (QED) is 0.583. The van der Waals surface area contributed by atoms with Gasteiger partial charge in [-0.1, -0.05) is 36.7 Å². The fourth-order valence-electron chi connectivity index (χ4n) is 0.678. The third-order valence-corrected chi connectivity index (χ3v) is 2.19. The van der Waals surface area contributed by atoms with Crippen LogP contribution in [0.25, 0.3) is 0 Å². The summed E-state index contributed by atoms with van der Waals surface area (Å²) in [6.45, 7) is 6.72. The summed E-state index contributed by atoms with van der Waals surface area (Å²) in [5.74, 6) is 0.833. The van der Waals surface area contributed by atoms with E-state index in [1.807, 2.05) is 0 Å². The standard InChI is InChI=1S/C7H15Br/c1-4-7(8)5-6(2)3/h6-7H,4-5H2,1-3H3/t7-/m1/s1. The zero-order valence-electron chi connectivity index (χ0n) is 5.95. The minimum Gasteiger partial charge on any atom is -0.0891 e. The molecule has 0 saturated heterocycles. The van der Waals surface area contributed by atoms with E-state index in [1.165, 1.54) is 12.8 Å². The number of halogens is 1. The van der Waals surface area contributed by atoms with Crippen LogP contribution in [0.3, 0.4) is 0 Å². The van der Waals surface area contributed by atoms with E-state index >= 15 is 0 Å². The molecule has 8 heavy (non-hydrogen) atoms. The van der Waals surface area contributed by atoms with Crippen molar-refractivity contribution in [3.63, 3.8) is 0 Å². The molecule has 0 nitrogen and oxygen atoms in total. The molecular weight excluding hydrogens is 164 g/mol. The molecule has 0 heterocycles. The van der Waals surface area contributed by atoms with E-state index in [0.29, 0.717) is 0 Å². The Morgan fingerprint density at radius 3 is 2.00 bits per heavy atom. The molecule has 0 aliphatic heterocycles. The van der Waals surface area contributed by atoms with Crippen molar-refractivity contribution in [3.8, 4) is 0 Å². The Hall–Kier alpha value is 0.480. The van der Waals surface area contributed by atoms with Gasteiger partial charge in [-0.15, -0.1) is 0 Å². The number of hydrogen-bond acceptors (Lipinski definition) is 0. The highest BCUT2D eigenvalue weighted by atomic mass is 79.9. The number of rotatable bonds is 3. The predicted octanol–water partition coefficient (Wildman–Crippen LogP) is 3.21. The van der Waals surface area contributed by atoms with Crippen LogP contribution in [0.1, 0.15) is 33.6 Å². The zero-order chi connectivity index (χ0) is 6.57. The minimum absolute atomic E-state index is 0.738. The van der Waals surface area contributed by atoms with E-state index < -0.39 is 0 Å². The van der Waals surface area contributed by atoms with Crippen molar-refractivity contribution in [1.82, 2.24) is 0 Å². The molecule has 0 aromatic heterocycles. The van der Waals surface area contributed by atoms with Crippen LogP contribution in [0.2, 0.25) is 0 Å². The van der Waals surface area contributed by atoms with Crippen molar-refractivity contribution >= 4 is 15.9 Å². The van der Waals surface area contributed by atoms with Gasteiger partial charge in [0, 0.05) is 4.83 Å². The summed E-state index contributed by atoms with van der Waals surface area (Å²) in [7, 11) is 0. The largest absolute Gasteiger partial charge is 0.0891 e. The molecule has 0 fully saturated rings. The maximum absolute atomic E-state index is 3.58. The van der Waals surface area contributed by atoms with Crippen LogP contribution in [-0.4, -0.2) is 4.83 Å². The van der Waals surface area contributed by atoms with Crippen LogP contribution < -0.4 is 0 Å². The summed E-state index contributed by atoms with van der Waals surface area (Å²) in [5.41, 5.74) is 0. The molecule has 0 rings (SSSR count). The van der Waals surface area contributed by atoms with Gasteiger partial charge in [-0.3, -0.25) is 0 Å². The van der Waals surface area contributed by atoms with Crippen LogP contribution in [0.4, 0.5) is 0 Å². The Bertz CT molecular complexity index is 50.3. The number of hydrogen-bond donors (Lipinski definition) is 0. The lowest BCUT2D eigenvalue weighted by molar-refractivity contribution is 0.565. The first kappa shape index (κ1) is 8.48. The summed E-state index contributed by atoms with van der Waals surface area (Å²) in [4.78, 5) is 0.738. The van der Waals surface area contributed by atoms with Gasteiger partial charge in [0.1, 0.15) is 0 Å². The third-order valence-electron chi connectivity index (χ3n) is 1.17. The van der Waals surface area contributed by atoms with Gasteiger partial charge in [0.05, 0.1) is 0 Å². The van der Waals surface area contributed by atoms with Crippen LogP contribution in [0.5, 0.6) is 0 Å². The van der Waals surface area contributed by atoms with Crippen LogP contribution in [-0.2, 0) is 0 Å². The van der Waals surface area contributed by atoms with E-state index in [4.69, 9.17) is 0 Å². The summed E-state index contributed by atoms with van der Waals surface area (Å²) < 4.78 is 0. The molecule has 0 aliphatic rings. The summed E-state index contributed by atoms with van der Waals surface area (Å²) in [6, 6.07) is 0. The highest BCUT2D eigenvalue weighted by Crippen LogP contribution is 2.14. The Kier molecular flexibility index (Phi) is 4.63. The molecule has 0 radical (unpaired) electrons. The van der Waals surface area contributed by atoms with Gasteiger partial charge < -0.3 is 0 Å². The molecule has 0 bridgehead atoms. The summed E-state index contributed by atoms with van der Waals surface area (Å²) >= 11 is 3.58. The topological polar surface area (TPSA) is 0 Å². The van der Waals surface area contributed by atoms with E-state index in [0.717, 1.165) is 10.7 Å². The van der Waals surface area contributed by atoms with Gasteiger partial charge in [-0.2, -0.15) is 0 Å². The van der Waals surface area contributed by atoms with Gasteiger partial charge in [0.25, 0.3) is 0 Å². The van der Waals surface area contributed by atoms with E-state index in [1.54, 1.807) is 0 Å². The molecule has 0 aliphatic carbocycles. The summed E-state index contributed by atoms with van der Waals surface area (Å²) in [6.07, 6.45) is 2.55. The van der Waals surface area contributed by atoms with Gasteiger partial charge in [0.2, 0.25) is 0 Å². The Morgan fingerprint density at radius 2 is 1.88 bits per heavy atom. The number of alkyl halides is 1. The third kappa shape index (κ3) is 4.63. The highest BCUT2D eigenvalue weighted by Gasteiger charge is 2.01. The molecule has 0 amide bonds. The van der Waals surface area contributed by atoms with Crippen molar-refractivity contribution < 1.29 is 0 Å². The molecular formula is C7H15Br. The fraction of sp³-hybridized carbons (Fsp3) is 1.00. The Balaban J connectivity index is 3.10. The molecule has 1 heteroatoms.